The SMILES string of the molecule is COCC(=O)Nc1ccc2c(c1)[C@H]1C[C@@H](CC(=O)NCc3ccncc3)O[C@H](CO)[C@H]1O2. The monoisotopic (exact) mass is 441 g/mol. The maximum Gasteiger partial charge on any atom is 0.250 e. The van der Waals surface area contributed by atoms with Gasteiger partial charge in [-0.2, -0.15) is 0 Å². The first-order valence-corrected chi connectivity index (χ1v) is 10.6. The lowest BCUT2D eigenvalue weighted by atomic mass is 9.84. The summed E-state index contributed by atoms with van der Waals surface area (Å²) in [6.45, 7) is 0.179. The number of aliphatic hydroxyl groups excluding tert-OH is 1. The summed E-state index contributed by atoms with van der Waals surface area (Å²) in [7, 11) is 1.46. The number of pyridine rings is 1. The molecule has 4 rings (SSSR count). The van der Waals surface area contributed by atoms with E-state index in [9.17, 15) is 14.7 Å². The van der Waals surface area contributed by atoms with Gasteiger partial charge in [0.15, 0.2) is 0 Å². The van der Waals surface area contributed by atoms with Crippen LogP contribution in [-0.2, 0) is 25.6 Å². The van der Waals surface area contributed by atoms with Crippen molar-refractivity contribution >= 4 is 17.5 Å². The number of aliphatic hydroxyl groups is 1. The predicted octanol–water partition coefficient (Wildman–Crippen LogP) is 1.37. The number of carbonyl (C=O) groups excluding carboxylic acids is 2. The van der Waals surface area contributed by atoms with Crippen molar-refractivity contribution in [3.8, 4) is 5.75 Å². The van der Waals surface area contributed by atoms with Gasteiger partial charge in [0, 0.05) is 43.2 Å². The molecule has 2 aliphatic rings. The molecule has 0 unspecified atom stereocenters. The van der Waals surface area contributed by atoms with Crippen molar-refractivity contribution in [2.24, 2.45) is 0 Å². The van der Waals surface area contributed by atoms with Crippen LogP contribution in [0, 0.1) is 0 Å². The maximum atomic E-state index is 12.5. The molecule has 1 aromatic heterocycles. The summed E-state index contributed by atoms with van der Waals surface area (Å²) < 4.78 is 16.9. The summed E-state index contributed by atoms with van der Waals surface area (Å²) in [5.74, 6) is 0.288. The molecule has 1 saturated heterocycles. The highest BCUT2D eigenvalue weighted by molar-refractivity contribution is 5.92. The molecule has 9 nitrogen and oxygen atoms in total. The molecule has 0 spiro atoms. The largest absolute Gasteiger partial charge is 0.487 e. The Balaban J connectivity index is 1.42. The smallest absolute Gasteiger partial charge is 0.250 e. The molecule has 3 N–H and O–H groups in total. The van der Waals surface area contributed by atoms with Crippen LogP contribution in [0.4, 0.5) is 5.69 Å². The van der Waals surface area contributed by atoms with Crippen molar-refractivity contribution < 1.29 is 28.9 Å². The first-order valence-electron chi connectivity index (χ1n) is 10.6. The van der Waals surface area contributed by atoms with Crippen LogP contribution >= 0.6 is 0 Å². The Labute approximate surface area is 186 Å². The minimum atomic E-state index is -0.536. The molecular weight excluding hydrogens is 414 g/mol. The Kier molecular flexibility index (Phi) is 6.99. The molecule has 1 fully saturated rings. The molecular formula is C23H27N3O6. The van der Waals surface area contributed by atoms with E-state index >= 15 is 0 Å². The second kappa shape index (κ2) is 10.1. The zero-order valence-electron chi connectivity index (χ0n) is 17.8. The normalized spacial score (nSPS) is 23.6. The maximum absolute atomic E-state index is 12.5. The lowest BCUT2D eigenvalue weighted by Gasteiger charge is -2.37. The van der Waals surface area contributed by atoms with Crippen LogP contribution in [0.25, 0.3) is 0 Å². The minimum absolute atomic E-state index is 0.0310. The number of nitrogens with zero attached hydrogens (tertiary/aromatic N) is 1. The topological polar surface area (TPSA) is 119 Å². The number of hydrogen-bond acceptors (Lipinski definition) is 7. The fourth-order valence-corrected chi connectivity index (χ4v) is 4.28. The van der Waals surface area contributed by atoms with E-state index in [1.807, 2.05) is 18.2 Å². The van der Waals surface area contributed by atoms with Crippen LogP contribution in [0.15, 0.2) is 42.7 Å². The molecule has 1 aromatic carbocycles. The number of amides is 2. The highest BCUT2D eigenvalue weighted by atomic mass is 16.6. The third-order valence-electron chi connectivity index (χ3n) is 5.71. The van der Waals surface area contributed by atoms with Crippen LogP contribution < -0.4 is 15.4 Å². The van der Waals surface area contributed by atoms with Gasteiger partial charge in [-0.05, 0) is 42.3 Å². The second-order valence-corrected chi connectivity index (χ2v) is 7.97. The van der Waals surface area contributed by atoms with Gasteiger partial charge < -0.3 is 30.0 Å². The van der Waals surface area contributed by atoms with Gasteiger partial charge in [0.2, 0.25) is 11.8 Å². The van der Waals surface area contributed by atoms with Crippen molar-refractivity contribution in [3.05, 3.63) is 53.9 Å². The highest BCUT2D eigenvalue weighted by Gasteiger charge is 2.46. The van der Waals surface area contributed by atoms with Crippen LogP contribution in [0.1, 0.15) is 29.9 Å². The molecule has 9 heteroatoms. The number of hydrogen-bond donors (Lipinski definition) is 3. The Morgan fingerprint density at radius 1 is 1.22 bits per heavy atom. The summed E-state index contributed by atoms with van der Waals surface area (Å²) >= 11 is 0. The molecule has 0 radical (unpaired) electrons. The van der Waals surface area contributed by atoms with Crippen LogP contribution in [0.2, 0.25) is 0 Å². The molecule has 2 amide bonds. The molecule has 4 atom stereocenters. The van der Waals surface area contributed by atoms with Gasteiger partial charge in [-0.3, -0.25) is 14.6 Å². The number of aromatic nitrogens is 1. The van der Waals surface area contributed by atoms with Crippen molar-refractivity contribution in [2.75, 3.05) is 25.6 Å². The zero-order valence-corrected chi connectivity index (χ0v) is 17.8. The number of rotatable bonds is 8. The summed E-state index contributed by atoms with van der Waals surface area (Å²) in [5, 5.41) is 15.6. The number of carbonyl (C=O) groups is 2. The van der Waals surface area contributed by atoms with Gasteiger partial charge in [0.25, 0.3) is 0 Å². The van der Waals surface area contributed by atoms with E-state index in [1.54, 1.807) is 24.5 Å². The number of fused-ring (bicyclic) bond motifs is 3. The fraction of sp³-hybridized carbons (Fsp3) is 0.435. The first kappa shape index (κ1) is 22.2. The molecule has 2 aliphatic heterocycles. The van der Waals surface area contributed by atoms with E-state index in [-0.39, 0.29) is 49.6 Å². The summed E-state index contributed by atoms with van der Waals surface area (Å²) in [6.07, 6.45) is 2.90. The Hall–Kier alpha value is -3.01. The minimum Gasteiger partial charge on any atom is -0.487 e. The van der Waals surface area contributed by atoms with Crippen LogP contribution in [0.3, 0.4) is 0 Å². The standard InChI is InChI=1S/C23H27N3O6/c1-30-13-22(29)26-15-2-3-19-17(8-15)18-9-16(31-20(12-27)23(18)32-19)10-21(28)25-11-14-4-6-24-7-5-14/h2-8,16,18,20,23,27H,9-13H2,1H3,(H,25,28)(H,26,29)/t16-,18+,20+,23-/m0/s1. The number of benzene rings is 1. The average Bonchev–Trinajstić information content (AvgIpc) is 3.16. The summed E-state index contributed by atoms with van der Waals surface area (Å²) in [4.78, 5) is 28.3. The predicted molar refractivity (Wildman–Crippen MR) is 115 cm³/mol. The van der Waals surface area contributed by atoms with Crippen LogP contribution in [-0.4, -0.2) is 60.5 Å². The molecule has 0 bridgehead atoms. The Morgan fingerprint density at radius 3 is 2.78 bits per heavy atom. The zero-order chi connectivity index (χ0) is 22.5. The molecule has 0 aliphatic carbocycles. The number of ether oxygens (including phenoxy) is 3. The Bertz CT molecular complexity index is 954. The molecule has 32 heavy (non-hydrogen) atoms. The molecule has 0 saturated carbocycles. The highest BCUT2D eigenvalue weighted by Crippen LogP contribution is 2.47. The molecule has 3 heterocycles. The van der Waals surface area contributed by atoms with Gasteiger partial charge in [-0.25, -0.2) is 0 Å². The van der Waals surface area contributed by atoms with Gasteiger partial charge in [0.05, 0.1) is 19.1 Å². The van der Waals surface area contributed by atoms with E-state index in [4.69, 9.17) is 14.2 Å². The number of methoxy groups -OCH3 is 1. The fourth-order valence-electron chi connectivity index (χ4n) is 4.28. The van der Waals surface area contributed by atoms with Crippen molar-refractivity contribution in [1.29, 1.82) is 0 Å². The molecule has 2 aromatic rings. The van der Waals surface area contributed by atoms with Crippen molar-refractivity contribution in [2.45, 2.75) is 43.6 Å². The van der Waals surface area contributed by atoms with Gasteiger partial charge >= 0.3 is 0 Å². The lowest BCUT2D eigenvalue weighted by Crippen LogP contribution is -2.47. The van der Waals surface area contributed by atoms with E-state index in [1.165, 1.54) is 7.11 Å². The summed E-state index contributed by atoms with van der Waals surface area (Å²) in [6, 6.07) is 9.15. The van der Waals surface area contributed by atoms with E-state index in [2.05, 4.69) is 15.6 Å². The van der Waals surface area contributed by atoms with E-state index in [0.717, 1.165) is 11.1 Å². The van der Waals surface area contributed by atoms with Crippen molar-refractivity contribution in [3.63, 3.8) is 0 Å². The number of anilines is 1. The third kappa shape index (κ3) is 5.07. The molecule has 170 valence electrons. The van der Waals surface area contributed by atoms with Crippen LogP contribution in [0.5, 0.6) is 5.75 Å². The van der Waals surface area contributed by atoms with Gasteiger partial charge in [-0.15, -0.1) is 0 Å². The van der Waals surface area contributed by atoms with Crippen molar-refractivity contribution in [1.82, 2.24) is 10.3 Å². The number of nitrogens with one attached hydrogen (secondary N) is 2. The van der Waals surface area contributed by atoms with E-state index < -0.39 is 6.10 Å². The average molecular weight is 441 g/mol. The first-order chi connectivity index (χ1) is 15.6. The second-order valence-electron chi connectivity index (χ2n) is 7.97. The summed E-state index contributed by atoms with van der Waals surface area (Å²) in [5.41, 5.74) is 2.55. The lowest BCUT2D eigenvalue weighted by molar-refractivity contribution is -0.142. The van der Waals surface area contributed by atoms with Gasteiger partial charge in [-0.1, -0.05) is 0 Å². The Morgan fingerprint density at radius 2 is 2.03 bits per heavy atom. The quantitative estimate of drug-likeness (QED) is 0.566. The van der Waals surface area contributed by atoms with Gasteiger partial charge in [0.1, 0.15) is 24.6 Å². The van der Waals surface area contributed by atoms with E-state index in [0.29, 0.717) is 24.4 Å². The third-order valence-corrected chi connectivity index (χ3v) is 5.71.